The summed E-state index contributed by atoms with van der Waals surface area (Å²) in [5.74, 6) is 1.37. The smallest absolute Gasteiger partial charge is 0.258 e. The average Bonchev–Trinajstić information content (AvgIpc) is 3.41. The van der Waals surface area contributed by atoms with Gasteiger partial charge in [-0.1, -0.05) is 17.3 Å². The van der Waals surface area contributed by atoms with Crippen LogP contribution in [0.3, 0.4) is 0 Å². The first-order valence-corrected chi connectivity index (χ1v) is 9.56. The second-order valence-electron chi connectivity index (χ2n) is 7.03. The number of aryl methyl sites for hydroxylation is 1. The van der Waals surface area contributed by atoms with Crippen LogP contribution in [-0.2, 0) is 13.7 Å². The number of pyridine rings is 1. The van der Waals surface area contributed by atoms with Crippen LogP contribution in [-0.4, -0.2) is 19.3 Å². The maximum absolute atomic E-state index is 13.0. The molecule has 154 valence electrons. The van der Waals surface area contributed by atoms with Crippen molar-refractivity contribution in [3.05, 3.63) is 94.8 Å². The van der Waals surface area contributed by atoms with Gasteiger partial charge in [-0.05, 0) is 42.0 Å². The lowest BCUT2D eigenvalue weighted by molar-refractivity contribution is 0.305. The van der Waals surface area contributed by atoms with Crippen molar-refractivity contribution in [3.63, 3.8) is 0 Å². The first-order valence-electron chi connectivity index (χ1n) is 9.56. The maximum atomic E-state index is 13.0. The average molecular weight is 416 g/mol. The molecule has 0 aliphatic heterocycles. The Kier molecular flexibility index (Phi) is 4.59. The zero-order valence-electron chi connectivity index (χ0n) is 16.5. The summed E-state index contributed by atoms with van der Waals surface area (Å²) in [6.07, 6.45) is 3.23. The molecular weight excluding hydrogens is 399 g/mol. The van der Waals surface area contributed by atoms with E-state index in [4.69, 9.17) is 9.26 Å². The van der Waals surface area contributed by atoms with E-state index >= 15 is 0 Å². The van der Waals surface area contributed by atoms with Crippen LogP contribution in [0, 0.1) is 5.82 Å². The Morgan fingerprint density at radius 1 is 1.06 bits per heavy atom. The monoisotopic (exact) mass is 416 g/mol. The molecule has 5 rings (SSSR count). The summed E-state index contributed by atoms with van der Waals surface area (Å²) < 4.78 is 27.3. The number of rotatable bonds is 5. The Hall–Kier alpha value is -4.20. The molecule has 5 aromatic rings. The van der Waals surface area contributed by atoms with Crippen molar-refractivity contribution in [1.82, 2.24) is 19.3 Å². The molecular formula is C23H17FN4O3. The number of hydrogen-bond acceptors (Lipinski definition) is 5. The highest BCUT2D eigenvalue weighted by Crippen LogP contribution is 2.25. The fourth-order valence-corrected chi connectivity index (χ4v) is 3.39. The molecule has 31 heavy (non-hydrogen) atoms. The third-order valence-corrected chi connectivity index (χ3v) is 5.01. The summed E-state index contributed by atoms with van der Waals surface area (Å²) in [4.78, 5) is 17.3. The van der Waals surface area contributed by atoms with E-state index in [1.807, 2.05) is 29.8 Å². The molecule has 0 radical (unpaired) electrons. The quantitative estimate of drug-likeness (QED) is 0.431. The number of fused-ring (bicyclic) bond motifs is 1. The van der Waals surface area contributed by atoms with E-state index in [0.717, 1.165) is 16.6 Å². The van der Waals surface area contributed by atoms with Crippen molar-refractivity contribution < 1.29 is 13.7 Å². The van der Waals surface area contributed by atoms with Gasteiger partial charge in [0.2, 0.25) is 5.76 Å². The number of imidazole rings is 1. The normalized spacial score (nSPS) is 11.2. The predicted octanol–water partition coefficient (Wildman–Crippen LogP) is 4.10. The van der Waals surface area contributed by atoms with Gasteiger partial charge in [-0.25, -0.2) is 9.37 Å². The molecule has 0 amide bonds. The van der Waals surface area contributed by atoms with Crippen molar-refractivity contribution in [2.45, 2.75) is 6.61 Å². The van der Waals surface area contributed by atoms with E-state index in [-0.39, 0.29) is 18.0 Å². The summed E-state index contributed by atoms with van der Waals surface area (Å²) in [5, 5.41) is 3.73. The van der Waals surface area contributed by atoms with Crippen LogP contribution in [0.4, 0.5) is 4.39 Å². The van der Waals surface area contributed by atoms with Crippen molar-refractivity contribution in [3.8, 4) is 23.0 Å². The summed E-state index contributed by atoms with van der Waals surface area (Å²) in [6, 6.07) is 16.5. The number of nitrogens with zero attached hydrogens (tertiary/aromatic N) is 4. The SMILES string of the molecule is Cn1c(-c2ccno2)nc2ccc(-n3ccc(OCc4ccc(F)cc4)cc3=O)cc21. The second kappa shape index (κ2) is 7.56. The highest BCUT2D eigenvalue weighted by atomic mass is 19.1. The number of hydrogen-bond donors (Lipinski definition) is 0. The molecule has 0 N–H and O–H groups in total. The van der Waals surface area contributed by atoms with Crippen molar-refractivity contribution >= 4 is 11.0 Å². The fourth-order valence-electron chi connectivity index (χ4n) is 3.39. The molecule has 0 aliphatic carbocycles. The van der Waals surface area contributed by atoms with Crippen LogP contribution in [0.15, 0.2) is 82.4 Å². The van der Waals surface area contributed by atoms with Crippen LogP contribution in [0.2, 0.25) is 0 Å². The Morgan fingerprint density at radius 2 is 1.90 bits per heavy atom. The molecule has 0 saturated carbocycles. The number of benzene rings is 2. The largest absolute Gasteiger partial charge is 0.489 e. The number of aromatic nitrogens is 4. The van der Waals surface area contributed by atoms with Gasteiger partial charge in [0.15, 0.2) is 5.82 Å². The van der Waals surface area contributed by atoms with E-state index in [1.54, 1.807) is 36.7 Å². The van der Waals surface area contributed by atoms with E-state index in [0.29, 0.717) is 23.0 Å². The van der Waals surface area contributed by atoms with Crippen molar-refractivity contribution in [1.29, 1.82) is 0 Å². The van der Waals surface area contributed by atoms with Crippen LogP contribution in [0.5, 0.6) is 5.75 Å². The topological polar surface area (TPSA) is 75.1 Å². The van der Waals surface area contributed by atoms with Crippen molar-refractivity contribution in [2.24, 2.45) is 7.05 Å². The lowest BCUT2D eigenvalue weighted by Crippen LogP contribution is -2.16. The fraction of sp³-hybridized carbons (Fsp3) is 0.0870. The van der Waals surface area contributed by atoms with Gasteiger partial charge in [-0.15, -0.1) is 0 Å². The standard InChI is InChI=1S/C23H17FN4O3/c1-27-20-12-17(6-7-19(20)26-23(27)21-8-10-25-31-21)28-11-9-18(13-22(28)29)30-14-15-2-4-16(24)5-3-15/h2-13H,14H2,1H3. The molecule has 3 aromatic heterocycles. The van der Waals surface area contributed by atoms with Gasteiger partial charge in [0.05, 0.1) is 22.9 Å². The van der Waals surface area contributed by atoms with E-state index < -0.39 is 0 Å². The Balaban J connectivity index is 1.42. The van der Waals surface area contributed by atoms with Crippen LogP contribution < -0.4 is 10.3 Å². The van der Waals surface area contributed by atoms with Gasteiger partial charge >= 0.3 is 0 Å². The maximum Gasteiger partial charge on any atom is 0.258 e. The molecule has 0 spiro atoms. The highest BCUT2D eigenvalue weighted by molar-refractivity contribution is 5.81. The first kappa shape index (κ1) is 18.8. The zero-order chi connectivity index (χ0) is 21.4. The van der Waals surface area contributed by atoms with Gasteiger partial charge in [0, 0.05) is 25.4 Å². The van der Waals surface area contributed by atoms with Gasteiger partial charge in [-0.3, -0.25) is 9.36 Å². The second-order valence-corrected chi connectivity index (χ2v) is 7.03. The van der Waals surface area contributed by atoms with Gasteiger partial charge in [-0.2, -0.15) is 0 Å². The van der Waals surface area contributed by atoms with Gasteiger partial charge < -0.3 is 13.8 Å². The predicted molar refractivity (Wildman–Crippen MR) is 113 cm³/mol. The molecule has 0 saturated heterocycles. The number of ether oxygens (including phenoxy) is 1. The Bertz CT molecular complexity index is 1420. The third-order valence-electron chi connectivity index (χ3n) is 5.01. The molecule has 0 fully saturated rings. The molecule has 7 nitrogen and oxygen atoms in total. The third kappa shape index (κ3) is 3.59. The van der Waals surface area contributed by atoms with Gasteiger partial charge in [0.1, 0.15) is 18.2 Å². The Labute approximate surface area is 175 Å². The van der Waals surface area contributed by atoms with Crippen LogP contribution >= 0.6 is 0 Å². The summed E-state index contributed by atoms with van der Waals surface area (Å²) in [7, 11) is 1.88. The molecule has 2 aromatic carbocycles. The molecule has 0 atom stereocenters. The van der Waals surface area contributed by atoms with Crippen LogP contribution in [0.1, 0.15) is 5.56 Å². The molecule has 0 bridgehead atoms. The van der Waals surface area contributed by atoms with E-state index in [9.17, 15) is 9.18 Å². The lowest BCUT2D eigenvalue weighted by atomic mass is 10.2. The van der Waals surface area contributed by atoms with Crippen LogP contribution in [0.25, 0.3) is 28.3 Å². The molecule has 0 unspecified atom stereocenters. The molecule has 8 heteroatoms. The van der Waals surface area contributed by atoms with E-state index in [2.05, 4.69) is 10.1 Å². The number of halogens is 1. The lowest BCUT2D eigenvalue weighted by Gasteiger charge is -2.09. The highest BCUT2D eigenvalue weighted by Gasteiger charge is 2.14. The van der Waals surface area contributed by atoms with E-state index in [1.165, 1.54) is 22.8 Å². The Morgan fingerprint density at radius 3 is 2.65 bits per heavy atom. The van der Waals surface area contributed by atoms with Crippen molar-refractivity contribution in [2.75, 3.05) is 0 Å². The summed E-state index contributed by atoms with van der Waals surface area (Å²) >= 11 is 0. The summed E-state index contributed by atoms with van der Waals surface area (Å²) in [5.41, 5.74) is 2.93. The minimum Gasteiger partial charge on any atom is -0.489 e. The molecule has 0 aliphatic rings. The minimum absolute atomic E-state index is 0.228. The summed E-state index contributed by atoms with van der Waals surface area (Å²) in [6.45, 7) is 0.245. The zero-order valence-corrected chi connectivity index (χ0v) is 16.5. The first-order chi connectivity index (χ1) is 15.1. The van der Waals surface area contributed by atoms with Gasteiger partial charge in [0.25, 0.3) is 5.56 Å². The molecule has 3 heterocycles. The minimum atomic E-state index is -0.301.